The molecule has 2 amide bonds. The number of benzene rings is 2. The molecule has 0 aliphatic rings. The lowest BCUT2D eigenvalue weighted by atomic mass is 10.1. The second-order valence-electron chi connectivity index (χ2n) is 7.44. The number of H-pyrrole nitrogens is 1. The Morgan fingerprint density at radius 2 is 1.84 bits per heavy atom. The Kier molecular flexibility index (Phi) is 8.14. The zero-order valence-electron chi connectivity index (χ0n) is 18.7. The van der Waals surface area contributed by atoms with Gasteiger partial charge in [0.2, 0.25) is 0 Å². The summed E-state index contributed by atoms with van der Waals surface area (Å²) < 4.78 is 5.29. The van der Waals surface area contributed by atoms with Crippen LogP contribution in [0, 0.1) is 0 Å². The van der Waals surface area contributed by atoms with Gasteiger partial charge in [-0.15, -0.1) is 0 Å². The second-order valence-corrected chi connectivity index (χ2v) is 7.84. The summed E-state index contributed by atoms with van der Waals surface area (Å²) in [4.78, 5) is 32.6. The fraction of sp³-hybridized carbons (Fsp3) is 0.333. The van der Waals surface area contributed by atoms with Gasteiger partial charge in [-0.2, -0.15) is 0 Å². The van der Waals surface area contributed by atoms with Crippen molar-refractivity contribution in [2.24, 2.45) is 0 Å². The fourth-order valence-electron chi connectivity index (χ4n) is 3.49. The van der Waals surface area contributed by atoms with Crippen molar-refractivity contribution in [1.29, 1.82) is 0 Å². The minimum atomic E-state index is -0.310. The zero-order chi connectivity index (χ0) is 23.1. The number of para-hydroxylation sites is 1. The predicted octanol–water partition coefficient (Wildman–Crippen LogP) is 4.57. The SMILES string of the molecule is CCN(CC)CCN(Cc1cc2cc(OC)ccc2[nH]c1=O)C(=O)Nc1ccccc1Cl. The third kappa shape index (κ3) is 5.81. The van der Waals surface area contributed by atoms with Crippen molar-refractivity contribution >= 4 is 34.2 Å². The highest BCUT2D eigenvalue weighted by Gasteiger charge is 2.18. The van der Waals surface area contributed by atoms with Gasteiger partial charge in [-0.1, -0.05) is 37.6 Å². The van der Waals surface area contributed by atoms with E-state index in [1.54, 1.807) is 36.3 Å². The first-order valence-corrected chi connectivity index (χ1v) is 11.1. The number of pyridine rings is 1. The molecule has 1 heterocycles. The van der Waals surface area contributed by atoms with E-state index in [9.17, 15) is 9.59 Å². The Morgan fingerprint density at radius 3 is 2.53 bits per heavy atom. The number of nitrogens with one attached hydrogen (secondary N) is 2. The van der Waals surface area contributed by atoms with Crippen LogP contribution < -0.4 is 15.6 Å². The number of likely N-dealkylation sites (N-methyl/N-ethyl adjacent to an activating group) is 1. The maximum Gasteiger partial charge on any atom is 0.322 e. The van der Waals surface area contributed by atoms with Crippen LogP contribution in [0.2, 0.25) is 5.02 Å². The minimum Gasteiger partial charge on any atom is -0.497 e. The molecule has 0 radical (unpaired) electrons. The van der Waals surface area contributed by atoms with Crippen LogP contribution in [0.4, 0.5) is 10.5 Å². The predicted molar refractivity (Wildman–Crippen MR) is 130 cm³/mol. The molecule has 8 heteroatoms. The average molecular weight is 457 g/mol. The van der Waals surface area contributed by atoms with E-state index in [1.165, 1.54) is 0 Å². The normalized spacial score (nSPS) is 11.0. The minimum absolute atomic E-state index is 0.167. The highest BCUT2D eigenvalue weighted by Crippen LogP contribution is 2.22. The van der Waals surface area contributed by atoms with E-state index in [1.807, 2.05) is 24.3 Å². The molecule has 0 fully saturated rings. The number of halogens is 1. The van der Waals surface area contributed by atoms with Gasteiger partial charge >= 0.3 is 6.03 Å². The number of aromatic amines is 1. The van der Waals surface area contributed by atoms with Gasteiger partial charge in [0.15, 0.2) is 0 Å². The summed E-state index contributed by atoms with van der Waals surface area (Å²) in [6.07, 6.45) is 0. The van der Waals surface area contributed by atoms with Gasteiger partial charge in [-0.05, 0) is 49.5 Å². The van der Waals surface area contributed by atoms with E-state index >= 15 is 0 Å². The first kappa shape index (κ1) is 23.6. The number of amides is 2. The van der Waals surface area contributed by atoms with Crippen molar-refractivity contribution in [2.45, 2.75) is 20.4 Å². The number of hydrogen-bond acceptors (Lipinski definition) is 4. The summed E-state index contributed by atoms with van der Waals surface area (Å²) in [5, 5.41) is 4.17. The van der Waals surface area contributed by atoms with Gasteiger partial charge in [-0.3, -0.25) is 4.79 Å². The molecule has 0 saturated heterocycles. The summed E-state index contributed by atoms with van der Waals surface area (Å²) in [6.45, 7) is 7.26. The summed E-state index contributed by atoms with van der Waals surface area (Å²) >= 11 is 6.22. The number of nitrogens with zero attached hydrogens (tertiary/aromatic N) is 2. The molecule has 7 nitrogen and oxygen atoms in total. The summed E-state index contributed by atoms with van der Waals surface area (Å²) in [5.41, 5.74) is 1.53. The molecule has 0 bridgehead atoms. The number of carbonyl (C=O) groups is 1. The van der Waals surface area contributed by atoms with E-state index in [-0.39, 0.29) is 18.1 Å². The Hall–Kier alpha value is -3.03. The number of aromatic nitrogens is 1. The van der Waals surface area contributed by atoms with Crippen molar-refractivity contribution in [3.63, 3.8) is 0 Å². The van der Waals surface area contributed by atoms with Crippen LogP contribution in [-0.2, 0) is 6.54 Å². The number of fused-ring (bicyclic) bond motifs is 1. The van der Waals surface area contributed by atoms with Gasteiger partial charge in [0.1, 0.15) is 5.75 Å². The van der Waals surface area contributed by atoms with Crippen LogP contribution in [0.1, 0.15) is 19.4 Å². The van der Waals surface area contributed by atoms with Crippen molar-refractivity contribution in [2.75, 3.05) is 38.6 Å². The molecule has 0 saturated carbocycles. The van der Waals surface area contributed by atoms with Crippen LogP contribution >= 0.6 is 11.6 Å². The molecule has 0 aliphatic carbocycles. The smallest absolute Gasteiger partial charge is 0.322 e. The average Bonchev–Trinajstić information content (AvgIpc) is 2.80. The molecule has 3 rings (SSSR count). The van der Waals surface area contributed by atoms with Gasteiger partial charge in [0, 0.05) is 29.6 Å². The Morgan fingerprint density at radius 1 is 1.09 bits per heavy atom. The summed E-state index contributed by atoms with van der Waals surface area (Å²) in [7, 11) is 1.60. The summed E-state index contributed by atoms with van der Waals surface area (Å²) in [5.74, 6) is 0.699. The zero-order valence-corrected chi connectivity index (χ0v) is 19.4. The Balaban J connectivity index is 1.88. The maximum atomic E-state index is 13.1. The van der Waals surface area contributed by atoms with Crippen LogP contribution in [0.25, 0.3) is 10.9 Å². The molecule has 0 spiro atoms. The lowest BCUT2D eigenvalue weighted by molar-refractivity contribution is 0.194. The van der Waals surface area contributed by atoms with Gasteiger partial charge < -0.3 is 24.8 Å². The molecule has 0 aliphatic heterocycles. The molecule has 3 aromatic rings. The number of anilines is 1. The largest absolute Gasteiger partial charge is 0.497 e. The quantitative estimate of drug-likeness (QED) is 0.494. The van der Waals surface area contributed by atoms with Crippen molar-refractivity contribution in [1.82, 2.24) is 14.8 Å². The van der Waals surface area contributed by atoms with Crippen molar-refractivity contribution in [3.05, 3.63) is 69.5 Å². The third-order valence-electron chi connectivity index (χ3n) is 5.47. The fourth-order valence-corrected chi connectivity index (χ4v) is 3.67. The van der Waals surface area contributed by atoms with Crippen molar-refractivity contribution in [3.8, 4) is 5.75 Å². The van der Waals surface area contributed by atoms with E-state index in [2.05, 4.69) is 29.0 Å². The van der Waals surface area contributed by atoms with E-state index < -0.39 is 0 Å². The molecular formula is C24H29ClN4O3. The molecule has 170 valence electrons. The van der Waals surface area contributed by atoms with Crippen LogP contribution in [0.15, 0.2) is 53.3 Å². The molecule has 32 heavy (non-hydrogen) atoms. The lowest BCUT2D eigenvalue weighted by Crippen LogP contribution is -2.41. The molecule has 1 aromatic heterocycles. The second kappa shape index (κ2) is 11.0. The first-order valence-electron chi connectivity index (χ1n) is 10.7. The molecule has 0 unspecified atom stereocenters. The standard InChI is InChI=1S/C24H29ClN4O3/c1-4-28(5-2)12-13-29(24(31)27-22-9-7-6-8-20(22)25)16-18-14-17-15-19(32-3)10-11-21(17)26-23(18)30/h6-11,14-15H,4-5,12-13,16H2,1-3H3,(H,26,30)(H,27,31). The molecule has 2 aromatic carbocycles. The molecular weight excluding hydrogens is 428 g/mol. The molecule has 2 N–H and O–H groups in total. The Labute approximate surface area is 192 Å². The Bertz CT molecular complexity index is 1130. The van der Waals surface area contributed by atoms with Crippen LogP contribution in [-0.4, -0.2) is 54.1 Å². The van der Waals surface area contributed by atoms with E-state index in [0.29, 0.717) is 35.1 Å². The maximum absolute atomic E-state index is 13.1. The first-order chi connectivity index (χ1) is 15.4. The van der Waals surface area contributed by atoms with E-state index in [0.717, 1.165) is 24.0 Å². The number of rotatable bonds is 9. The number of carbonyl (C=O) groups excluding carboxylic acids is 1. The number of urea groups is 1. The number of methoxy groups -OCH3 is 1. The topological polar surface area (TPSA) is 77.7 Å². The van der Waals surface area contributed by atoms with Gasteiger partial charge in [-0.25, -0.2) is 4.79 Å². The number of hydrogen-bond donors (Lipinski definition) is 2. The molecule has 0 atom stereocenters. The highest BCUT2D eigenvalue weighted by atomic mass is 35.5. The monoisotopic (exact) mass is 456 g/mol. The van der Waals surface area contributed by atoms with Gasteiger partial charge in [0.25, 0.3) is 5.56 Å². The summed E-state index contributed by atoms with van der Waals surface area (Å²) in [6, 6.07) is 14.0. The van der Waals surface area contributed by atoms with Gasteiger partial charge in [0.05, 0.1) is 24.4 Å². The number of ether oxygens (including phenoxy) is 1. The lowest BCUT2D eigenvalue weighted by Gasteiger charge is -2.27. The van der Waals surface area contributed by atoms with Crippen LogP contribution in [0.5, 0.6) is 5.75 Å². The third-order valence-corrected chi connectivity index (χ3v) is 5.80. The van der Waals surface area contributed by atoms with Crippen molar-refractivity contribution < 1.29 is 9.53 Å². The highest BCUT2D eigenvalue weighted by molar-refractivity contribution is 6.33. The van der Waals surface area contributed by atoms with Crippen LogP contribution in [0.3, 0.4) is 0 Å². The van der Waals surface area contributed by atoms with E-state index in [4.69, 9.17) is 16.3 Å².